The molecule has 1 heterocycles. The summed E-state index contributed by atoms with van der Waals surface area (Å²) in [6.07, 6.45) is 41.2. The molecule has 1 fully saturated rings. The van der Waals surface area contributed by atoms with Gasteiger partial charge in [0.2, 0.25) is 11.8 Å². The van der Waals surface area contributed by atoms with Crippen LogP contribution in [0.1, 0.15) is 329 Å². The highest BCUT2D eigenvalue weighted by atomic mass is 16.7. The molecule has 0 aliphatic carbocycles. The molecule has 0 bridgehead atoms. The van der Waals surface area contributed by atoms with E-state index in [-0.39, 0.29) is 31.7 Å². The molecule has 7 atom stereocenters. The van der Waals surface area contributed by atoms with E-state index >= 15 is 0 Å². The Hall–Kier alpha value is -2.81. The molecule has 0 aromatic rings. The van der Waals surface area contributed by atoms with Crippen molar-refractivity contribution < 1.29 is 58.2 Å². The number of nitrogens with one attached hydrogen (secondary N) is 2. The Balaban J connectivity index is 3.11. The number of carboxylic acids is 1. The van der Waals surface area contributed by atoms with E-state index in [1.807, 2.05) is 0 Å². The number of esters is 2. The first-order chi connectivity index (χ1) is 38.5. The summed E-state index contributed by atoms with van der Waals surface area (Å²) in [6.45, 7) is 7.60. The molecule has 1 unspecified atom stereocenters. The molecule has 0 saturated carbocycles. The summed E-state index contributed by atoms with van der Waals surface area (Å²) < 4.78 is 24.1. The number of amides is 2. The van der Waals surface area contributed by atoms with E-state index in [4.69, 9.17) is 18.9 Å². The maximum Gasteiger partial charge on any atom is 0.328 e. The molecule has 1 aliphatic rings. The van der Waals surface area contributed by atoms with Crippen molar-refractivity contribution in [3.05, 3.63) is 0 Å². The summed E-state index contributed by atoms with van der Waals surface area (Å²) in [5.74, 6) is -3.30. The van der Waals surface area contributed by atoms with Gasteiger partial charge in [-0.1, -0.05) is 272 Å². The molecule has 0 radical (unpaired) electrons. The van der Waals surface area contributed by atoms with Crippen molar-refractivity contribution in [3.63, 3.8) is 0 Å². The minimum atomic E-state index is -1.61. The van der Waals surface area contributed by atoms with Crippen molar-refractivity contribution in [3.8, 4) is 0 Å². The predicted octanol–water partition coefficient (Wildman–Crippen LogP) is 15.4. The third kappa shape index (κ3) is 41.8. The average Bonchev–Trinajstić information content (AvgIpc) is 3.43. The fraction of sp³-hybridized carbons (Fsp3) is 0.923. The molecule has 79 heavy (non-hydrogen) atoms. The van der Waals surface area contributed by atoms with Gasteiger partial charge in [0.15, 0.2) is 18.4 Å². The third-order valence-corrected chi connectivity index (χ3v) is 15.8. The second-order valence-corrected chi connectivity index (χ2v) is 23.3. The van der Waals surface area contributed by atoms with Crippen LogP contribution in [0.5, 0.6) is 0 Å². The SMILES string of the molecule is CCCCCCCCCCCCCC(=O)N[C@H]1[C@H](OC[C@H](NC(=O)CCCCCCCCCCCCC)C(=O)O)O[C@H](CO)[C@@H](O)[C@@H]1OC(=O)CC(CCCCCCCCCCC)OC(=O)CCCCCCCCCCCCC. The molecule has 14 heteroatoms. The van der Waals surface area contributed by atoms with Crippen LogP contribution in [-0.2, 0) is 42.9 Å². The number of hydrogen-bond acceptors (Lipinski definition) is 11. The lowest BCUT2D eigenvalue weighted by Crippen LogP contribution is -2.66. The smallest absolute Gasteiger partial charge is 0.328 e. The summed E-state index contributed by atoms with van der Waals surface area (Å²) >= 11 is 0. The van der Waals surface area contributed by atoms with Gasteiger partial charge in [0, 0.05) is 19.3 Å². The number of carbonyl (C=O) groups is 5. The number of hydrogen-bond donors (Lipinski definition) is 5. The fourth-order valence-electron chi connectivity index (χ4n) is 10.7. The minimum Gasteiger partial charge on any atom is -0.480 e. The quantitative estimate of drug-likeness (QED) is 0.0285. The number of aliphatic hydroxyl groups is 2. The zero-order chi connectivity index (χ0) is 57.8. The van der Waals surface area contributed by atoms with E-state index in [2.05, 4.69) is 38.3 Å². The highest BCUT2D eigenvalue weighted by Crippen LogP contribution is 2.27. The van der Waals surface area contributed by atoms with Crippen molar-refractivity contribution in [1.82, 2.24) is 10.6 Å². The Kier molecular flexibility index (Phi) is 50.0. The Morgan fingerprint density at radius 3 is 1.24 bits per heavy atom. The normalized spacial score (nSPS) is 18.0. The molecule has 0 spiro atoms. The van der Waals surface area contributed by atoms with Crippen molar-refractivity contribution in [2.75, 3.05) is 13.2 Å². The number of ether oxygens (including phenoxy) is 4. The largest absolute Gasteiger partial charge is 0.480 e. The monoisotopic (exact) mass is 1120 g/mol. The minimum absolute atomic E-state index is 0.142. The zero-order valence-electron chi connectivity index (χ0n) is 51.2. The second-order valence-electron chi connectivity index (χ2n) is 23.3. The molecule has 0 aromatic heterocycles. The van der Waals surface area contributed by atoms with E-state index in [1.54, 1.807) is 0 Å². The van der Waals surface area contributed by atoms with Crippen LogP contribution in [0.4, 0.5) is 0 Å². The maximum atomic E-state index is 14.1. The summed E-state index contributed by atoms with van der Waals surface area (Å²) in [6, 6.07) is -2.79. The average molecular weight is 1120 g/mol. The first-order valence-corrected chi connectivity index (χ1v) is 33.3. The first-order valence-electron chi connectivity index (χ1n) is 33.3. The van der Waals surface area contributed by atoms with E-state index < -0.39 is 79.8 Å². The van der Waals surface area contributed by atoms with Crippen LogP contribution in [0.3, 0.4) is 0 Å². The van der Waals surface area contributed by atoms with Gasteiger partial charge in [-0.05, 0) is 32.1 Å². The highest BCUT2D eigenvalue weighted by Gasteiger charge is 2.49. The molecule has 1 rings (SSSR count). The van der Waals surface area contributed by atoms with Crippen LogP contribution in [0, 0.1) is 0 Å². The van der Waals surface area contributed by atoms with Crippen LogP contribution in [0.2, 0.25) is 0 Å². The fourth-order valence-corrected chi connectivity index (χ4v) is 10.7. The molecule has 1 saturated heterocycles. The first kappa shape index (κ1) is 74.2. The van der Waals surface area contributed by atoms with Crippen molar-refractivity contribution in [2.45, 2.75) is 372 Å². The van der Waals surface area contributed by atoms with E-state index in [1.165, 1.54) is 161 Å². The van der Waals surface area contributed by atoms with Gasteiger partial charge in [-0.2, -0.15) is 0 Å². The van der Waals surface area contributed by atoms with Crippen LogP contribution in [-0.4, -0.2) is 101 Å². The van der Waals surface area contributed by atoms with E-state index in [9.17, 15) is 39.3 Å². The van der Waals surface area contributed by atoms with Gasteiger partial charge >= 0.3 is 17.9 Å². The zero-order valence-corrected chi connectivity index (χ0v) is 51.2. The number of aliphatic hydroxyl groups excluding tert-OH is 2. The molecule has 1 aliphatic heterocycles. The number of carbonyl (C=O) groups excluding carboxylic acids is 4. The Bertz CT molecular complexity index is 1470. The number of unbranched alkanes of at least 4 members (excludes halogenated alkanes) is 38. The molecule has 464 valence electrons. The van der Waals surface area contributed by atoms with Gasteiger partial charge in [-0.25, -0.2) is 4.79 Å². The lowest BCUT2D eigenvalue weighted by atomic mass is 9.96. The van der Waals surface area contributed by atoms with Crippen LogP contribution in [0.25, 0.3) is 0 Å². The number of aliphatic carboxylic acids is 1. The van der Waals surface area contributed by atoms with E-state index in [0.717, 1.165) is 89.9 Å². The second kappa shape index (κ2) is 53.2. The van der Waals surface area contributed by atoms with Gasteiger partial charge in [-0.3, -0.25) is 19.2 Å². The van der Waals surface area contributed by atoms with Gasteiger partial charge in [0.05, 0.1) is 19.6 Å². The Morgan fingerprint density at radius 2 is 0.848 bits per heavy atom. The lowest BCUT2D eigenvalue weighted by Gasteiger charge is -2.44. The molecule has 5 N–H and O–H groups in total. The van der Waals surface area contributed by atoms with Crippen LogP contribution >= 0.6 is 0 Å². The number of rotatable bonds is 57. The van der Waals surface area contributed by atoms with Gasteiger partial charge in [0.25, 0.3) is 0 Å². The third-order valence-electron chi connectivity index (χ3n) is 15.8. The maximum absolute atomic E-state index is 14.1. The summed E-state index contributed by atoms with van der Waals surface area (Å²) in [4.78, 5) is 66.6. The predicted molar refractivity (Wildman–Crippen MR) is 319 cm³/mol. The van der Waals surface area contributed by atoms with Gasteiger partial charge in [-0.15, -0.1) is 0 Å². The van der Waals surface area contributed by atoms with Crippen LogP contribution in [0.15, 0.2) is 0 Å². The number of carboxylic acid groups (broad SMARTS) is 1. The van der Waals surface area contributed by atoms with Crippen LogP contribution < -0.4 is 10.6 Å². The van der Waals surface area contributed by atoms with Crippen molar-refractivity contribution in [1.29, 1.82) is 0 Å². The molecule has 14 nitrogen and oxygen atoms in total. The Labute approximate surface area is 482 Å². The lowest BCUT2D eigenvalue weighted by molar-refractivity contribution is -0.275. The molecular formula is C65H122N2O12. The Morgan fingerprint density at radius 1 is 0.481 bits per heavy atom. The van der Waals surface area contributed by atoms with Gasteiger partial charge in [0.1, 0.15) is 24.4 Å². The topological polar surface area (TPSA) is 207 Å². The molecule has 2 amide bonds. The van der Waals surface area contributed by atoms with E-state index in [0.29, 0.717) is 25.7 Å². The van der Waals surface area contributed by atoms with Gasteiger partial charge < -0.3 is 44.9 Å². The highest BCUT2D eigenvalue weighted by molar-refractivity contribution is 5.83. The molecule has 0 aromatic carbocycles. The summed E-state index contributed by atoms with van der Waals surface area (Å²) in [5, 5.41) is 37.7. The standard InChI is InChI=1S/C65H122N2O12/c1-5-9-13-17-21-25-28-32-36-40-44-48-57(69)66-55(64(74)75)53-76-65-61(67-58(70)49-45-41-37-33-29-26-22-18-14-10-6-2)63(62(73)56(52-68)78-65)79-60(72)51-54(47-43-39-35-31-24-20-16-12-8-4)77-59(71)50-46-42-38-34-30-27-23-19-15-11-7-3/h54-56,61-63,65,68,73H,5-53H2,1-4H3,(H,66,69)(H,67,70)(H,74,75)/t54?,55-,56+,61+,62+,63+,65+/m0/s1. The van der Waals surface area contributed by atoms with Crippen molar-refractivity contribution >= 4 is 29.7 Å². The molecular weight excluding hydrogens is 1000 g/mol. The summed E-state index contributed by atoms with van der Waals surface area (Å²) in [5.41, 5.74) is 0. The van der Waals surface area contributed by atoms with Crippen molar-refractivity contribution in [2.24, 2.45) is 0 Å². The summed E-state index contributed by atoms with van der Waals surface area (Å²) in [7, 11) is 0.